The van der Waals surface area contributed by atoms with Crippen LogP contribution >= 0.6 is 11.6 Å². The zero-order chi connectivity index (χ0) is 23.0. The van der Waals surface area contributed by atoms with Gasteiger partial charge in [0.1, 0.15) is 0 Å². The number of hydrogen-bond donors (Lipinski definition) is 0. The molecule has 162 valence electrons. The lowest BCUT2D eigenvalue weighted by atomic mass is 9.83. The van der Waals surface area contributed by atoms with Crippen LogP contribution in [0.4, 0.5) is 19.0 Å². The summed E-state index contributed by atoms with van der Waals surface area (Å²) in [6.45, 7) is 0. The number of hydrazone groups is 1. The molecule has 0 radical (unpaired) electrons. The fourth-order valence-corrected chi connectivity index (χ4v) is 3.71. The van der Waals surface area contributed by atoms with Crippen molar-refractivity contribution in [2.24, 2.45) is 5.10 Å². The Labute approximate surface area is 186 Å². The Morgan fingerprint density at radius 3 is 2.25 bits per heavy atom. The molecule has 0 fully saturated rings. The summed E-state index contributed by atoms with van der Waals surface area (Å²) < 4.78 is 38.3. The van der Waals surface area contributed by atoms with Gasteiger partial charge in [-0.25, -0.2) is 4.98 Å². The number of hydrogen-bond acceptors (Lipinski definition) is 5. The van der Waals surface area contributed by atoms with Crippen LogP contribution in [0.15, 0.2) is 59.8 Å². The lowest BCUT2D eigenvalue weighted by Gasteiger charge is -2.18. The molecule has 1 aliphatic rings. The zero-order valence-electron chi connectivity index (χ0n) is 16.7. The minimum atomic E-state index is -4.54. The van der Waals surface area contributed by atoms with Crippen molar-refractivity contribution in [3.63, 3.8) is 0 Å². The first-order valence-electron chi connectivity index (χ1n) is 9.47. The lowest BCUT2D eigenvalue weighted by Crippen LogP contribution is -2.21. The number of rotatable bonds is 4. The van der Waals surface area contributed by atoms with Crippen LogP contribution in [0.25, 0.3) is 0 Å². The van der Waals surface area contributed by atoms with Crippen molar-refractivity contribution in [1.82, 2.24) is 4.98 Å². The Bertz CT molecular complexity index is 1270. The van der Waals surface area contributed by atoms with Crippen LogP contribution in [0.2, 0.25) is 5.02 Å². The van der Waals surface area contributed by atoms with Gasteiger partial charge in [-0.15, -0.1) is 0 Å². The van der Waals surface area contributed by atoms with Crippen molar-refractivity contribution in [1.29, 1.82) is 0 Å². The van der Waals surface area contributed by atoms with E-state index in [1.54, 1.807) is 42.5 Å². The highest BCUT2D eigenvalue weighted by Gasteiger charge is 2.32. The van der Waals surface area contributed by atoms with E-state index < -0.39 is 11.7 Å². The molecule has 0 saturated heterocycles. The number of fused-ring (bicyclic) bond motifs is 2. The minimum Gasteiger partial charge on any atom is -0.289 e. The number of alkyl halides is 3. The van der Waals surface area contributed by atoms with Gasteiger partial charge in [-0.1, -0.05) is 48.0 Å². The minimum absolute atomic E-state index is 0.0683. The van der Waals surface area contributed by atoms with Crippen LogP contribution in [0, 0.1) is 0 Å². The van der Waals surface area contributed by atoms with Gasteiger partial charge in [0.05, 0.1) is 10.6 Å². The molecule has 0 N–H and O–H groups in total. The Morgan fingerprint density at radius 1 is 1.00 bits per heavy atom. The second-order valence-electron chi connectivity index (χ2n) is 7.14. The first kappa shape index (κ1) is 21.7. The number of anilines is 1. The number of aromatic nitrogens is 1. The van der Waals surface area contributed by atoms with Gasteiger partial charge in [0.25, 0.3) is 0 Å². The quantitative estimate of drug-likeness (QED) is 0.312. The highest BCUT2D eigenvalue weighted by atomic mass is 35.5. The van der Waals surface area contributed by atoms with E-state index in [0.717, 1.165) is 11.6 Å². The van der Waals surface area contributed by atoms with Crippen molar-refractivity contribution in [3.8, 4) is 0 Å². The fourth-order valence-electron chi connectivity index (χ4n) is 3.42. The molecule has 0 atom stereocenters. The average molecular weight is 458 g/mol. The lowest BCUT2D eigenvalue weighted by molar-refractivity contribution is -0.137. The van der Waals surface area contributed by atoms with Gasteiger partial charge in [-0.05, 0) is 17.7 Å². The van der Waals surface area contributed by atoms with Gasteiger partial charge in [0, 0.05) is 48.1 Å². The number of carbonyl (C=O) groups excluding carboxylic acids is 2. The molecule has 0 aliphatic heterocycles. The highest BCUT2D eigenvalue weighted by Crippen LogP contribution is 2.33. The maximum atomic E-state index is 12.8. The third-order valence-corrected chi connectivity index (χ3v) is 5.31. The molecule has 0 spiro atoms. The van der Waals surface area contributed by atoms with Crippen LogP contribution in [0.1, 0.15) is 43.0 Å². The molecule has 0 saturated carbocycles. The van der Waals surface area contributed by atoms with Gasteiger partial charge >= 0.3 is 6.18 Å². The van der Waals surface area contributed by atoms with Gasteiger partial charge in [0.2, 0.25) is 0 Å². The molecule has 1 aliphatic carbocycles. The van der Waals surface area contributed by atoms with E-state index in [1.807, 2.05) is 0 Å². The number of carbonyl (C=O) groups is 2. The van der Waals surface area contributed by atoms with Gasteiger partial charge < -0.3 is 0 Å². The molecule has 0 bridgehead atoms. The summed E-state index contributed by atoms with van der Waals surface area (Å²) in [6, 6.07) is 12.5. The molecule has 1 aromatic heterocycles. The average Bonchev–Trinajstić information content (AvgIpc) is 2.76. The Kier molecular flexibility index (Phi) is 5.56. The van der Waals surface area contributed by atoms with Gasteiger partial charge in [-0.2, -0.15) is 18.3 Å². The molecular weight excluding hydrogens is 443 g/mol. The first-order valence-corrected chi connectivity index (χ1v) is 9.85. The number of nitrogens with zero attached hydrogens (tertiary/aromatic N) is 3. The van der Waals surface area contributed by atoms with Crippen molar-refractivity contribution in [3.05, 3.63) is 93.1 Å². The molecule has 0 unspecified atom stereocenters. The summed E-state index contributed by atoms with van der Waals surface area (Å²) in [6.07, 6.45) is -2.01. The normalized spacial score (nSPS) is 13.3. The summed E-state index contributed by atoms with van der Waals surface area (Å²) in [5.41, 5.74) is 1.25. The topological polar surface area (TPSA) is 62.6 Å². The van der Waals surface area contributed by atoms with Crippen LogP contribution in [0.5, 0.6) is 0 Å². The van der Waals surface area contributed by atoms with E-state index in [2.05, 4.69) is 10.1 Å². The fraction of sp³-hybridized carbons (Fsp3) is 0.130. The van der Waals surface area contributed by atoms with E-state index in [4.69, 9.17) is 11.6 Å². The molecule has 3 aromatic rings. The van der Waals surface area contributed by atoms with E-state index in [9.17, 15) is 22.8 Å². The predicted octanol–water partition coefficient (Wildman–Crippen LogP) is 5.19. The van der Waals surface area contributed by atoms with Gasteiger partial charge in [-0.3, -0.25) is 14.6 Å². The van der Waals surface area contributed by atoms with Crippen molar-refractivity contribution in [2.45, 2.75) is 12.6 Å². The molecule has 9 heteroatoms. The summed E-state index contributed by atoms with van der Waals surface area (Å²) >= 11 is 5.93. The summed E-state index contributed by atoms with van der Waals surface area (Å²) in [5, 5.41) is 5.22. The monoisotopic (exact) mass is 457 g/mol. The molecule has 5 nitrogen and oxygen atoms in total. The first-order chi connectivity index (χ1) is 15.2. The van der Waals surface area contributed by atoms with E-state index in [1.165, 1.54) is 18.3 Å². The van der Waals surface area contributed by atoms with E-state index in [-0.39, 0.29) is 22.4 Å². The Morgan fingerprint density at radius 2 is 1.62 bits per heavy atom. The smallest absolute Gasteiger partial charge is 0.289 e. The van der Waals surface area contributed by atoms with Crippen LogP contribution < -0.4 is 5.01 Å². The van der Waals surface area contributed by atoms with E-state index in [0.29, 0.717) is 34.9 Å². The van der Waals surface area contributed by atoms with Crippen LogP contribution in [-0.2, 0) is 12.6 Å². The third kappa shape index (κ3) is 4.01. The summed E-state index contributed by atoms with van der Waals surface area (Å²) in [4.78, 5) is 29.2. The number of pyridine rings is 1. The maximum Gasteiger partial charge on any atom is 0.417 e. The molecule has 1 heterocycles. The van der Waals surface area contributed by atoms with Crippen LogP contribution in [-0.4, -0.2) is 29.8 Å². The second-order valence-corrected chi connectivity index (χ2v) is 7.54. The molecule has 4 rings (SSSR count). The maximum absolute atomic E-state index is 12.8. The largest absolute Gasteiger partial charge is 0.417 e. The van der Waals surface area contributed by atoms with Gasteiger partial charge in [0.15, 0.2) is 17.4 Å². The Hall–Kier alpha value is -3.52. The number of ketones is 2. The number of halogens is 4. The van der Waals surface area contributed by atoms with Crippen LogP contribution in [0.3, 0.4) is 0 Å². The molecule has 2 aromatic carbocycles. The standard InChI is InChI=1S/C23H15ClF3N3O2/c1-30(22-19(24)11-14(12-28-22)23(25,26)27)29-9-8-13-6-7-17-18(10-13)21(32)16-5-3-2-4-15(16)20(17)31/h2-7,9-12H,8H2,1H3. The van der Waals surface area contributed by atoms with Crippen molar-refractivity contribution >= 4 is 35.2 Å². The van der Waals surface area contributed by atoms with Crippen molar-refractivity contribution in [2.75, 3.05) is 12.1 Å². The number of benzene rings is 2. The Balaban J connectivity index is 1.51. The highest BCUT2D eigenvalue weighted by molar-refractivity contribution is 6.33. The van der Waals surface area contributed by atoms with Crippen molar-refractivity contribution < 1.29 is 22.8 Å². The zero-order valence-corrected chi connectivity index (χ0v) is 17.4. The second kappa shape index (κ2) is 8.20. The summed E-state index contributed by atoms with van der Waals surface area (Å²) in [7, 11) is 1.50. The molecule has 0 amide bonds. The molecule has 32 heavy (non-hydrogen) atoms. The van der Waals surface area contributed by atoms with E-state index >= 15 is 0 Å². The SMILES string of the molecule is CN(N=CCc1ccc2c(c1)C(=O)c1ccccc1C2=O)c1ncc(C(F)(F)F)cc1Cl. The summed E-state index contributed by atoms with van der Waals surface area (Å²) in [5.74, 6) is -0.344. The molecular formula is C23H15ClF3N3O2. The predicted molar refractivity (Wildman–Crippen MR) is 115 cm³/mol. The third-order valence-electron chi connectivity index (χ3n) is 5.03.